The summed E-state index contributed by atoms with van der Waals surface area (Å²) in [5.41, 5.74) is 7.09. The van der Waals surface area contributed by atoms with Gasteiger partial charge in [-0.3, -0.25) is 4.79 Å². The van der Waals surface area contributed by atoms with E-state index in [1.807, 2.05) is 31.4 Å². The number of nitrogens with two attached hydrogens (primary N) is 1. The number of hydrogen-bond acceptors (Lipinski definition) is 2. The van der Waals surface area contributed by atoms with Gasteiger partial charge in [0.1, 0.15) is 11.9 Å². The number of nitrogens with zero attached hydrogens (tertiary/aromatic N) is 2. The number of fused-ring (bicyclic) bond motifs is 1. The Balaban J connectivity index is 2.77. The lowest BCUT2D eigenvalue weighted by Gasteiger charge is -2.23. The highest BCUT2D eigenvalue weighted by molar-refractivity contribution is 6.31. The van der Waals surface area contributed by atoms with Crippen LogP contribution in [0.1, 0.15) is 38.0 Å². The second kappa shape index (κ2) is 5.62. The van der Waals surface area contributed by atoms with E-state index in [1.165, 1.54) is 0 Å². The van der Waals surface area contributed by atoms with Gasteiger partial charge in [0.05, 0.1) is 16.4 Å². The Morgan fingerprint density at radius 3 is 2.50 bits per heavy atom. The van der Waals surface area contributed by atoms with E-state index in [2.05, 4.69) is 4.98 Å². The van der Waals surface area contributed by atoms with E-state index < -0.39 is 11.9 Å². The Morgan fingerprint density at radius 2 is 2.00 bits per heavy atom. The summed E-state index contributed by atoms with van der Waals surface area (Å²) in [6.45, 7) is 5.71. The number of carbonyl (C=O) groups is 1. The van der Waals surface area contributed by atoms with Crippen LogP contribution < -0.4 is 5.73 Å². The fraction of sp³-hybridized carbons (Fsp3) is 0.429. The zero-order valence-electron chi connectivity index (χ0n) is 11.6. The fourth-order valence-corrected chi connectivity index (χ4v) is 2.74. The number of primary amides is 1. The number of aromatic nitrogens is 2. The first-order chi connectivity index (χ1) is 9.32. The van der Waals surface area contributed by atoms with Crippen LogP contribution in [0.2, 0.25) is 5.02 Å². The quantitative estimate of drug-likeness (QED) is 0.875. The molecule has 1 aromatic carbocycles. The van der Waals surface area contributed by atoms with Crippen molar-refractivity contribution in [3.8, 4) is 0 Å². The Morgan fingerprint density at radius 1 is 1.35 bits per heavy atom. The summed E-state index contributed by atoms with van der Waals surface area (Å²) in [5.74, 6) is 0.268. The molecule has 108 valence electrons. The van der Waals surface area contributed by atoms with Crippen molar-refractivity contribution in [2.75, 3.05) is 0 Å². The van der Waals surface area contributed by atoms with Gasteiger partial charge in [0.2, 0.25) is 5.91 Å². The van der Waals surface area contributed by atoms with E-state index in [1.54, 1.807) is 12.1 Å². The second-order valence-electron chi connectivity index (χ2n) is 5.18. The number of hydrogen-bond donors (Lipinski definition) is 1. The van der Waals surface area contributed by atoms with Crippen LogP contribution >= 0.6 is 23.2 Å². The van der Waals surface area contributed by atoms with Crippen molar-refractivity contribution in [1.29, 1.82) is 0 Å². The van der Waals surface area contributed by atoms with Crippen LogP contribution in [0.3, 0.4) is 0 Å². The van der Waals surface area contributed by atoms with Gasteiger partial charge in [-0.15, -0.1) is 11.6 Å². The van der Waals surface area contributed by atoms with Gasteiger partial charge in [-0.05, 0) is 31.0 Å². The Hall–Kier alpha value is -1.26. The van der Waals surface area contributed by atoms with Gasteiger partial charge < -0.3 is 10.3 Å². The van der Waals surface area contributed by atoms with Crippen LogP contribution in [0.5, 0.6) is 0 Å². The van der Waals surface area contributed by atoms with Crippen LogP contribution in [0.15, 0.2) is 18.2 Å². The van der Waals surface area contributed by atoms with E-state index >= 15 is 0 Å². The van der Waals surface area contributed by atoms with E-state index in [4.69, 9.17) is 28.9 Å². The van der Waals surface area contributed by atoms with Crippen LogP contribution in [0.25, 0.3) is 11.0 Å². The molecule has 1 heterocycles. The summed E-state index contributed by atoms with van der Waals surface area (Å²) in [5, 5.41) is 0.262. The van der Waals surface area contributed by atoms with Gasteiger partial charge in [0.15, 0.2) is 0 Å². The fourth-order valence-electron chi connectivity index (χ4n) is 2.42. The number of carbonyl (C=O) groups excluding carboxylic acids is 1. The first-order valence-corrected chi connectivity index (χ1v) is 7.25. The molecule has 4 nitrogen and oxygen atoms in total. The molecule has 2 N–H and O–H groups in total. The standard InChI is InChI=1S/C14H17Cl2N3O/c1-7(2)12(13(17)20)19-11-5-4-9(16)6-10(11)18-14(19)8(3)15/h4-8,12H,1-3H3,(H2,17,20). The predicted molar refractivity (Wildman–Crippen MR) is 82.1 cm³/mol. The third-order valence-corrected chi connectivity index (χ3v) is 3.67. The topological polar surface area (TPSA) is 60.9 Å². The van der Waals surface area contributed by atoms with Crippen LogP contribution in [0.4, 0.5) is 0 Å². The van der Waals surface area contributed by atoms with E-state index in [0.717, 1.165) is 5.52 Å². The van der Waals surface area contributed by atoms with E-state index in [9.17, 15) is 4.79 Å². The molecule has 1 amide bonds. The summed E-state index contributed by atoms with van der Waals surface area (Å²) < 4.78 is 1.83. The maximum Gasteiger partial charge on any atom is 0.240 e. The molecule has 2 unspecified atom stereocenters. The van der Waals surface area contributed by atoms with Crippen LogP contribution in [-0.2, 0) is 4.79 Å². The minimum atomic E-state index is -0.489. The first kappa shape index (κ1) is 15.1. The molecule has 0 bridgehead atoms. The lowest BCUT2D eigenvalue weighted by atomic mass is 10.0. The molecule has 0 aliphatic heterocycles. The van der Waals surface area contributed by atoms with Crippen molar-refractivity contribution in [1.82, 2.24) is 9.55 Å². The minimum absolute atomic E-state index is 0.0368. The molecule has 0 radical (unpaired) electrons. The molecular weight excluding hydrogens is 297 g/mol. The molecule has 2 rings (SSSR count). The number of imidazole rings is 1. The summed E-state index contributed by atoms with van der Waals surface area (Å²) in [7, 11) is 0. The number of alkyl halides is 1. The molecule has 20 heavy (non-hydrogen) atoms. The number of benzene rings is 1. The van der Waals surface area contributed by atoms with Crippen LogP contribution in [-0.4, -0.2) is 15.5 Å². The maximum absolute atomic E-state index is 11.8. The van der Waals surface area contributed by atoms with E-state index in [0.29, 0.717) is 16.4 Å². The van der Waals surface area contributed by atoms with Crippen molar-refractivity contribution in [3.63, 3.8) is 0 Å². The van der Waals surface area contributed by atoms with Crippen molar-refractivity contribution in [2.24, 2.45) is 11.7 Å². The summed E-state index contributed by atoms with van der Waals surface area (Å²) in [6, 6.07) is 4.88. The molecule has 0 fully saturated rings. The van der Waals surface area contributed by atoms with E-state index in [-0.39, 0.29) is 11.3 Å². The highest BCUT2D eigenvalue weighted by Crippen LogP contribution is 2.32. The van der Waals surface area contributed by atoms with Crippen molar-refractivity contribution in [2.45, 2.75) is 32.2 Å². The lowest BCUT2D eigenvalue weighted by Crippen LogP contribution is -2.31. The van der Waals surface area contributed by atoms with Gasteiger partial charge in [0, 0.05) is 5.02 Å². The van der Waals surface area contributed by atoms with Gasteiger partial charge >= 0.3 is 0 Å². The molecular formula is C14H17Cl2N3O. The van der Waals surface area contributed by atoms with Gasteiger partial charge in [-0.1, -0.05) is 25.4 Å². The Labute approximate surface area is 127 Å². The predicted octanol–water partition coefficient (Wildman–Crippen LogP) is 3.67. The van der Waals surface area contributed by atoms with Crippen molar-refractivity contribution < 1.29 is 4.79 Å². The molecule has 2 aromatic rings. The first-order valence-electron chi connectivity index (χ1n) is 6.43. The molecule has 0 saturated heterocycles. The van der Waals surface area contributed by atoms with Crippen molar-refractivity contribution in [3.05, 3.63) is 29.0 Å². The SMILES string of the molecule is CC(Cl)c1nc2cc(Cl)ccc2n1C(C(N)=O)C(C)C. The molecule has 0 saturated carbocycles. The molecule has 1 aromatic heterocycles. The smallest absolute Gasteiger partial charge is 0.240 e. The molecule has 2 atom stereocenters. The lowest BCUT2D eigenvalue weighted by molar-refractivity contribution is -0.122. The van der Waals surface area contributed by atoms with Crippen LogP contribution in [0, 0.1) is 5.92 Å². The Kier molecular flexibility index (Phi) is 4.25. The largest absolute Gasteiger partial charge is 0.368 e. The third-order valence-electron chi connectivity index (χ3n) is 3.24. The Bertz CT molecular complexity index is 649. The second-order valence-corrected chi connectivity index (χ2v) is 6.27. The monoisotopic (exact) mass is 313 g/mol. The third kappa shape index (κ3) is 2.63. The maximum atomic E-state index is 11.8. The average Bonchev–Trinajstić information content (AvgIpc) is 2.67. The zero-order chi connectivity index (χ0) is 15.0. The number of halogens is 2. The summed E-state index contributed by atoms with van der Waals surface area (Å²) in [6.07, 6.45) is 0. The number of amides is 1. The average molecular weight is 314 g/mol. The summed E-state index contributed by atoms with van der Waals surface area (Å²) >= 11 is 12.2. The number of rotatable bonds is 4. The van der Waals surface area contributed by atoms with Gasteiger partial charge in [-0.25, -0.2) is 4.98 Å². The molecule has 0 aliphatic carbocycles. The highest BCUT2D eigenvalue weighted by Gasteiger charge is 2.28. The normalized spacial score (nSPS) is 14.7. The minimum Gasteiger partial charge on any atom is -0.368 e. The van der Waals surface area contributed by atoms with Gasteiger partial charge in [0.25, 0.3) is 0 Å². The zero-order valence-corrected chi connectivity index (χ0v) is 13.1. The molecule has 0 spiro atoms. The van der Waals surface area contributed by atoms with Gasteiger partial charge in [-0.2, -0.15) is 0 Å². The molecule has 6 heteroatoms. The molecule has 0 aliphatic rings. The highest BCUT2D eigenvalue weighted by atomic mass is 35.5. The summed E-state index contributed by atoms with van der Waals surface area (Å²) in [4.78, 5) is 16.3. The van der Waals surface area contributed by atoms with Crippen molar-refractivity contribution >= 4 is 40.1 Å².